The molecule has 5 aromatic carbocycles. The quantitative estimate of drug-likeness (QED) is 0.208. The molecule has 4 nitrogen and oxygen atoms in total. The van der Waals surface area contributed by atoms with Gasteiger partial charge in [0.2, 0.25) is 5.43 Å². The molecule has 0 N–H and O–H groups in total. The molecule has 0 spiro atoms. The molecular formula is C38H24O4. The van der Waals surface area contributed by atoms with Gasteiger partial charge in [0.15, 0.2) is 5.43 Å². The van der Waals surface area contributed by atoms with Crippen molar-refractivity contribution in [3.63, 3.8) is 0 Å². The fourth-order valence-electron chi connectivity index (χ4n) is 5.26. The Morgan fingerprint density at radius 1 is 0.381 bits per heavy atom. The van der Waals surface area contributed by atoms with Gasteiger partial charge in [0.1, 0.15) is 16.7 Å². The lowest BCUT2D eigenvalue weighted by Gasteiger charge is -2.09. The van der Waals surface area contributed by atoms with Crippen LogP contribution in [0.5, 0.6) is 0 Å². The number of fused-ring (bicyclic) bond motifs is 3. The van der Waals surface area contributed by atoms with Crippen molar-refractivity contribution in [1.82, 2.24) is 0 Å². The van der Waals surface area contributed by atoms with Crippen LogP contribution >= 0.6 is 0 Å². The first-order valence-corrected chi connectivity index (χ1v) is 13.7. The minimum Gasteiger partial charge on any atom is -0.464 e. The highest BCUT2D eigenvalue weighted by atomic mass is 16.3. The number of para-hydroxylation sites is 1. The van der Waals surface area contributed by atoms with E-state index in [4.69, 9.17) is 8.83 Å². The Morgan fingerprint density at radius 2 is 0.929 bits per heavy atom. The van der Waals surface area contributed by atoms with Crippen LogP contribution in [0.15, 0.2) is 164 Å². The van der Waals surface area contributed by atoms with E-state index in [9.17, 15) is 9.59 Å². The van der Waals surface area contributed by atoms with Crippen molar-refractivity contribution in [2.45, 2.75) is 0 Å². The maximum Gasteiger partial charge on any atom is 0.200 e. The molecule has 0 saturated carbocycles. The fraction of sp³-hybridized carbons (Fsp3) is 0. The predicted molar refractivity (Wildman–Crippen MR) is 170 cm³/mol. The molecule has 0 bridgehead atoms. The standard InChI is InChI=1S/C38H24O4/c39-34-14-3-1-2-6-20-41-35-18-16-29(23-32(34)35)27-11-7-9-25(21-27)26-10-8-12-28(22-26)30-17-19-37-33(24-30)38(40)31-13-4-5-15-36(31)42-37/h1-24H. The van der Waals surface area contributed by atoms with Gasteiger partial charge in [0.05, 0.1) is 22.4 Å². The number of hydrogen-bond acceptors (Lipinski definition) is 4. The van der Waals surface area contributed by atoms with Gasteiger partial charge >= 0.3 is 0 Å². The van der Waals surface area contributed by atoms with E-state index in [2.05, 4.69) is 24.3 Å². The molecule has 0 radical (unpaired) electrons. The summed E-state index contributed by atoms with van der Waals surface area (Å²) in [5, 5.41) is 1.64. The summed E-state index contributed by atoms with van der Waals surface area (Å²) in [7, 11) is 0. The lowest BCUT2D eigenvalue weighted by atomic mass is 9.95. The minimum atomic E-state index is -0.118. The van der Waals surface area contributed by atoms with E-state index in [-0.39, 0.29) is 10.9 Å². The van der Waals surface area contributed by atoms with Crippen LogP contribution in [0.4, 0.5) is 0 Å². The minimum absolute atomic E-state index is 0.0352. The number of rotatable bonds is 3. The summed E-state index contributed by atoms with van der Waals surface area (Å²) < 4.78 is 11.7. The third-order valence-electron chi connectivity index (χ3n) is 7.40. The normalized spacial score (nSPS) is 11.0. The van der Waals surface area contributed by atoms with Crippen molar-refractivity contribution in [3.05, 3.63) is 166 Å². The summed E-state index contributed by atoms with van der Waals surface area (Å²) in [5.74, 6) is 0. The summed E-state index contributed by atoms with van der Waals surface area (Å²) in [6.07, 6.45) is 1.57. The summed E-state index contributed by atoms with van der Waals surface area (Å²) >= 11 is 0. The zero-order chi connectivity index (χ0) is 28.5. The maximum absolute atomic E-state index is 13.2. The van der Waals surface area contributed by atoms with Crippen molar-refractivity contribution < 1.29 is 8.83 Å². The molecule has 42 heavy (non-hydrogen) atoms. The highest BCUT2D eigenvalue weighted by molar-refractivity contribution is 5.92. The van der Waals surface area contributed by atoms with Gasteiger partial charge in [0, 0.05) is 0 Å². The first-order valence-electron chi connectivity index (χ1n) is 13.7. The molecule has 0 unspecified atom stereocenters. The van der Waals surface area contributed by atoms with Crippen molar-refractivity contribution in [1.29, 1.82) is 0 Å². The molecule has 200 valence electrons. The van der Waals surface area contributed by atoms with E-state index >= 15 is 0 Å². The van der Waals surface area contributed by atoms with Crippen LogP contribution in [0.3, 0.4) is 0 Å². The molecule has 0 aliphatic rings. The van der Waals surface area contributed by atoms with Crippen LogP contribution in [-0.2, 0) is 0 Å². The molecule has 7 rings (SSSR count). The van der Waals surface area contributed by atoms with E-state index in [1.807, 2.05) is 84.9 Å². The molecule has 0 fully saturated rings. The van der Waals surface area contributed by atoms with E-state index in [0.717, 1.165) is 33.4 Å². The van der Waals surface area contributed by atoms with Crippen molar-refractivity contribution in [2.24, 2.45) is 0 Å². The number of benzene rings is 5. The van der Waals surface area contributed by atoms with Crippen LogP contribution < -0.4 is 10.9 Å². The molecule has 0 atom stereocenters. The molecule has 0 aliphatic carbocycles. The zero-order valence-corrected chi connectivity index (χ0v) is 22.5. The topological polar surface area (TPSA) is 60.4 Å². The first kappa shape index (κ1) is 25.2. The average Bonchev–Trinajstić information content (AvgIpc) is 3.04. The Balaban J connectivity index is 1.29. The van der Waals surface area contributed by atoms with E-state index in [1.54, 1.807) is 36.6 Å². The Hall–Kier alpha value is -5.74. The van der Waals surface area contributed by atoms with Crippen LogP contribution in [0.1, 0.15) is 0 Å². The summed E-state index contributed by atoms with van der Waals surface area (Å²) in [6, 6.07) is 43.9. The fourth-order valence-corrected chi connectivity index (χ4v) is 5.26. The lowest BCUT2D eigenvalue weighted by Crippen LogP contribution is -2.01. The van der Waals surface area contributed by atoms with E-state index in [1.165, 1.54) is 0 Å². The second kappa shape index (κ2) is 10.7. The van der Waals surface area contributed by atoms with Gasteiger partial charge in [-0.3, -0.25) is 9.59 Å². The SMILES string of the molecule is O=c1ccccccoc2ccc(-c3cccc(-c4cccc(-c5ccc6oc7ccccc7c(=O)c6c5)c4)c3)cc12. The predicted octanol–water partition coefficient (Wildman–Crippen LogP) is 9.18. The average molecular weight is 545 g/mol. The van der Waals surface area contributed by atoms with E-state index < -0.39 is 0 Å². The molecule has 2 aromatic heterocycles. The first-order chi connectivity index (χ1) is 20.6. The van der Waals surface area contributed by atoms with Gasteiger partial charge in [-0.25, -0.2) is 0 Å². The molecule has 0 saturated heterocycles. The van der Waals surface area contributed by atoms with Gasteiger partial charge in [-0.05, 0) is 94.0 Å². The second-order valence-electron chi connectivity index (χ2n) is 10.1. The Bertz CT molecular complexity index is 2230. The van der Waals surface area contributed by atoms with Gasteiger partial charge in [-0.1, -0.05) is 78.9 Å². The van der Waals surface area contributed by atoms with Crippen LogP contribution in [0.2, 0.25) is 0 Å². The van der Waals surface area contributed by atoms with Crippen molar-refractivity contribution >= 4 is 32.9 Å². The van der Waals surface area contributed by atoms with Crippen molar-refractivity contribution in [2.75, 3.05) is 0 Å². The van der Waals surface area contributed by atoms with Gasteiger partial charge in [0.25, 0.3) is 0 Å². The molecule has 4 heteroatoms. The van der Waals surface area contributed by atoms with Gasteiger partial charge in [-0.2, -0.15) is 0 Å². The second-order valence-corrected chi connectivity index (χ2v) is 10.1. The van der Waals surface area contributed by atoms with Crippen molar-refractivity contribution in [3.8, 4) is 33.4 Å². The molecular weight excluding hydrogens is 520 g/mol. The molecule has 2 heterocycles. The van der Waals surface area contributed by atoms with Crippen LogP contribution in [-0.4, -0.2) is 0 Å². The molecule has 7 aromatic rings. The smallest absolute Gasteiger partial charge is 0.200 e. The highest BCUT2D eigenvalue weighted by Crippen LogP contribution is 2.31. The largest absolute Gasteiger partial charge is 0.464 e. The highest BCUT2D eigenvalue weighted by Gasteiger charge is 2.10. The Kier molecular flexibility index (Phi) is 6.42. The van der Waals surface area contributed by atoms with Crippen LogP contribution in [0, 0.1) is 0 Å². The van der Waals surface area contributed by atoms with Gasteiger partial charge < -0.3 is 8.83 Å². The van der Waals surface area contributed by atoms with E-state index in [0.29, 0.717) is 32.9 Å². The Labute approximate surface area is 241 Å². The molecule has 0 aliphatic heterocycles. The number of hydrogen-bond donors (Lipinski definition) is 0. The summed E-state index contributed by atoms with van der Waals surface area (Å²) in [6.45, 7) is 0. The zero-order valence-electron chi connectivity index (χ0n) is 22.5. The summed E-state index contributed by atoms with van der Waals surface area (Å²) in [4.78, 5) is 26.1. The third kappa shape index (κ3) is 4.76. The van der Waals surface area contributed by atoms with Crippen LogP contribution in [0.25, 0.3) is 66.3 Å². The van der Waals surface area contributed by atoms with Gasteiger partial charge in [-0.15, -0.1) is 0 Å². The third-order valence-corrected chi connectivity index (χ3v) is 7.40. The monoisotopic (exact) mass is 544 g/mol. The lowest BCUT2D eigenvalue weighted by molar-refractivity contribution is 0.606. The Morgan fingerprint density at radius 3 is 1.64 bits per heavy atom. The summed E-state index contributed by atoms with van der Waals surface area (Å²) in [5.41, 5.74) is 7.44. The maximum atomic E-state index is 13.2. The molecule has 0 amide bonds.